The molecule has 0 heterocycles. The average molecular weight is 325 g/mol. The Kier molecular flexibility index (Phi) is 5.21. The molecule has 0 unspecified atom stereocenters. The van der Waals surface area contributed by atoms with Crippen molar-refractivity contribution in [3.63, 3.8) is 0 Å². The van der Waals surface area contributed by atoms with Crippen LogP contribution < -0.4 is 9.50 Å². The summed E-state index contributed by atoms with van der Waals surface area (Å²) in [6.07, 6.45) is 0. The second-order valence-corrected chi connectivity index (χ2v) is 6.12. The van der Waals surface area contributed by atoms with Crippen LogP contribution >= 0.6 is 0 Å². The Labute approximate surface area is 120 Å². The summed E-state index contributed by atoms with van der Waals surface area (Å²) in [6.45, 7) is 3.95. The molecule has 1 rings (SSSR count). The number of carbonyl (C=O) groups is 1. The third kappa shape index (κ3) is 4.62. The van der Waals surface area contributed by atoms with Gasteiger partial charge in [0.15, 0.2) is 5.75 Å². The molecule has 0 bridgehead atoms. The molecule has 0 radical (unpaired) electrons. The van der Waals surface area contributed by atoms with Crippen molar-refractivity contribution in [2.45, 2.75) is 19.4 Å². The lowest BCUT2D eigenvalue weighted by Crippen LogP contribution is -2.30. The van der Waals surface area contributed by atoms with Crippen molar-refractivity contribution in [2.75, 3.05) is 6.54 Å². The molecule has 1 amide bonds. The van der Waals surface area contributed by atoms with Crippen molar-refractivity contribution in [2.24, 2.45) is 5.92 Å². The van der Waals surface area contributed by atoms with Gasteiger partial charge in [-0.1, -0.05) is 26.0 Å². The molecular weight excluding hydrogens is 311 g/mol. The zero-order valence-electron chi connectivity index (χ0n) is 11.3. The van der Waals surface area contributed by atoms with Gasteiger partial charge in [-0.3, -0.25) is 4.79 Å². The van der Waals surface area contributed by atoms with Crippen molar-refractivity contribution in [3.05, 3.63) is 29.8 Å². The maximum Gasteiger partial charge on any atom is 0.534 e. The van der Waals surface area contributed by atoms with Gasteiger partial charge < -0.3 is 9.50 Å². The van der Waals surface area contributed by atoms with Crippen molar-refractivity contribution in [3.8, 4) is 5.75 Å². The summed E-state index contributed by atoms with van der Waals surface area (Å²) in [5.41, 5.74) is -5.85. The maximum atomic E-state index is 12.3. The van der Waals surface area contributed by atoms with Crippen LogP contribution in [0.15, 0.2) is 24.3 Å². The molecule has 21 heavy (non-hydrogen) atoms. The van der Waals surface area contributed by atoms with Gasteiger partial charge in [0.25, 0.3) is 5.91 Å². The van der Waals surface area contributed by atoms with E-state index in [1.807, 2.05) is 13.8 Å². The Bertz CT molecular complexity index is 611. The standard InChI is InChI=1S/C12H14F3NO4S/c1-8(2)7-16-11(17)9-5-3-4-6-10(9)20-21(18,19)12(13,14)15/h3-6,8H,7H2,1-2H3,(H,16,17). The van der Waals surface area contributed by atoms with Gasteiger partial charge in [0.2, 0.25) is 0 Å². The van der Waals surface area contributed by atoms with Crippen molar-refractivity contribution in [1.82, 2.24) is 5.32 Å². The average Bonchev–Trinajstić information content (AvgIpc) is 2.34. The van der Waals surface area contributed by atoms with Gasteiger partial charge in [0.1, 0.15) is 0 Å². The monoisotopic (exact) mass is 325 g/mol. The summed E-state index contributed by atoms with van der Waals surface area (Å²) in [5, 5.41) is 2.47. The molecular formula is C12H14F3NO4S. The van der Waals surface area contributed by atoms with Gasteiger partial charge in [0.05, 0.1) is 5.56 Å². The molecule has 0 atom stereocenters. The first-order valence-electron chi connectivity index (χ1n) is 5.92. The summed E-state index contributed by atoms with van der Waals surface area (Å²) >= 11 is 0. The predicted molar refractivity (Wildman–Crippen MR) is 69.2 cm³/mol. The summed E-state index contributed by atoms with van der Waals surface area (Å²) in [5.74, 6) is -1.26. The van der Waals surface area contributed by atoms with E-state index in [4.69, 9.17) is 0 Å². The number of hydrogen-bond acceptors (Lipinski definition) is 4. The van der Waals surface area contributed by atoms with Gasteiger partial charge in [-0.05, 0) is 18.1 Å². The van der Waals surface area contributed by atoms with Gasteiger partial charge in [0, 0.05) is 6.54 Å². The fraction of sp³-hybridized carbons (Fsp3) is 0.417. The summed E-state index contributed by atoms with van der Waals surface area (Å²) in [4.78, 5) is 11.8. The van der Waals surface area contributed by atoms with Crippen molar-refractivity contribution < 1.29 is 30.6 Å². The summed E-state index contributed by atoms with van der Waals surface area (Å²) in [6, 6.07) is 4.81. The normalized spacial score (nSPS) is 12.3. The number of nitrogens with one attached hydrogen (secondary N) is 1. The molecule has 0 aliphatic rings. The topological polar surface area (TPSA) is 72.5 Å². The Balaban J connectivity index is 3.03. The number of para-hydroxylation sites is 1. The van der Waals surface area contributed by atoms with E-state index in [-0.39, 0.29) is 11.5 Å². The minimum Gasteiger partial charge on any atom is -0.375 e. The highest BCUT2D eigenvalue weighted by Gasteiger charge is 2.48. The molecule has 1 aromatic carbocycles. The van der Waals surface area contributed by atoms with Crippen LogP contribution in [0.4, 0.5) is 13.2 Å². The number of alkyl halides is 3. The van der Waals surface area contributed by atoms with E-state index in [1.54, 1.807) is 0 Å². The molecule has 0 aliphatic carbocycles. The van der Waals surface area contributed by atoms with Gasteiger partial charge in [-0.2, -0.15) is 21.6 Å². The number of hydrogen-bond donors (Lipinski definition) is 1. The number of amides is 1. The second kappa shape index (κ2) is 6.33. The molecule has 1 N–H and O–H groups in total. The number of carbonyl (C=O) groups excluding carboxylic acids is 1. The van der Waals surface area contributed by atoms with Crippen molar-refractivity contribution >= 4 is 16.0 Å². The zero-order valence-corrected chi connectivity index (χ0v) is 12.1. The largest absolute Gasteiger partial charge is 0.534 e. The van der Waals surface area contributed by atoms with Crippen LogP contribution in [0, 0.1) is 5.92 Å². The molecule has 5 nitrogen and oxygen atoms in total. The number of benzene rings is 1. The predicted octanol–water partition coefficient (Wildman–Crippen LogP) is 2.30. The first kappa shape index (κ1) is 17.3. The minimum atomic E-state index is -5.82. The van der Waals surface area contributed by atoms with Gasteiger partial charge in [-0.25, -0.2) is 0 Å². The van der Waals surface area contributed by atoms with E-state index >= 15 is 0 Å². The van der Waals surface area contributed by atoms with E-state index in [2.05, 4.69) is 9.50 Å². The highest BCUT2D eigenvalue weighted by Crippen LogP contribution is 2.28. The Hall–Kier alpha value is -1.77. The molecule has 0 saturated carbocycles. The Morgan fingerprint density at radius 1 is 1.29 bits per heavy atom. The summed E-state index contributed by atoms with van der Waals surface area (Å²) < 4.78 is 62.9. The van der Waals surface area contributed by atoms with Crippen LogP contribution in [0.2, 0.25) is 0 Å². The van der Waals surface area contributed by atoms with Crippen LogP contribution in [0.25, 0.3) is 0 Å². The van der Waals surface area contributed by atoms with Gasteiger partial charge >= 0.3 is 15.6 Å². The van der Waals surface area contributed by atoms with Gasteiger partial charge in [-0.15, -0.1) is 0 Å². The third-order valence-corrected chi connectivity index (χ3v) is 3.25. The van der Waals surface area contributed by atoms with E-state index in [0.29, 0.717) is 6.54 Å². The lowest BCUT2D eigenvalue weighted by molar-refractivity contribution is -0.0500. The molecule has 0 aromatic heterocycles. The van der Waals surface area contributed by atoms with E-state index in [9.17, 15) is 26.4 Å². The smallest absolute Gasteiger partial charge is 0.375 e. The van der Waals surface area contributed by atoms with E-state index in [0.717, 1.165) is 6.07 Å². The van der Waals surface area contributed by atoms with Crippen LogP contribution in [-0.4, -0.2) is 26.4 Å². The van der Waals surface area contributed by atoms with Crippen LogP contribution in [-0.2, 0) is 10.1 Å². The van der Waals surface area contributed by atoms with E-state index < -0.39 is 27.3 Å². The molecule has 0 spiro atoms. The van der Waals surface area contributed by atoms with E-state index in [1.165, 1.54) is 18.2 Å². The maximum absolute atomic E-state index is 12.3. The first-order valence-corrected chi connectivity index (χ1v) is 7.33. The minimum absolute atomic E-state index is 0.126. The lowest BCUT2D eigenvalue weighted by Gasteiger charge is -2.13. The van der Waals surface area contributed by atoms with Crippen molar-refractivity contribution in [1.29, 1.82) is 0 Å². The fourth-order valence-electron chi connectivity index (χ4n) is 1.28. The molecule has 118 valence electrons. The Morgan fingerprint density at radius 2 is 1.86 bits per heavy atom. The number of halogens is 3. The quantitative estimate of drug-likeness (QED) is 0.666. The third-order valence-electron chi connectivity index (χ3n) is 2.29. The highest BCUT2D eigenvalue weighted by molar-refractivity contribution is 7.88. The molecule has 1 aromatic rings. The highest BCUT2D eigenvalue weighted by atomic mass is 32.2. The van der Waals surface area contributed by atoms with Crippen LogP contribution in [0.5, 0.6) is 5.75 Å². The molecule has 0 saturated heterocycles. The second-order valence-electron chi connectivity index (χ2n) is 4.58. The molecule has 0 fully saturated rings. The Morgan fingerprint density at radius 3 is 2.38 bits per heavy atom. The SMILES string of the molecule is CC(C)CNC(=O)c1ccccc1OS(=O)(=O)C(F)(F)F. The number of rotatable bonds is 5. The fourth-order valence-corrected chi connectivity index (χ4v) is 1.76. The molecule has 9 heteroatoms. The summed E-state index contributed by atoms with van der Waals surface area (Å²) in [7, 11) is -5.82. The van der Waals surface area contributed by atoms with Crippen LogP contribution in [0.1, 0.15) is 24.2 Å². The molecule has 0 aliphatic heterocycles. The first-order chi connectivity index (χ1) is 9.54. The van der Waals surface area contributed by atoms with Crippen LogP contribution in [0.3, 0.4) is 0 Å². The zero-order chi connectivity index (χ0) is 16.3. The lowest BCUT2D eigenvalue weighted by atomic mass is 10.1.